The molecule has 0 amide bonds. The van der Waals surface area contributed by atoms with Crippen LogP contribution in [0.1, 0.15) is 0 Å². The second kappa shape index (κ2) is 5.35. The quantitative estimate of drug-likeness (QED) is 0.690. The molecular formula is C15H14Br2N4. The zero-order valence-electron chi connectivity index (χ0n) is 11.6. The topological polar surface area (TPSA) is 46.6 Å². The molecule has 0 saturated heterocycles. The summed E-state index contributed by atoms with van der Waals surface area (Å²) in [6.45, 7) is 0. The van der Waals surface area contributed by atoms with Crippen LogP contribution < -0.4 is 10.6 Å². The summed E-state index contributed by atoms with van der Waals surface area (Å²) < 4.78 is 3.90. The van der Waals surface area contributed by atoms with Gasteiger partial charge in [-0.3, -0.25) is 4.40 Å². The van der Waals surface area contributed by atoms with Gasteiger partial charge in [-0.25, -0.2) is 4.98 Å². The first-order valence-corrected chi connectivity index (χ1v) is 7.96. The zero-order valence-corrected chi connectivity index (χ0v) is 14.8. The van der Waals surface area contributed by atoms with Crippen LogP contribution in [-0.2, 0) is 0 Å². The molecular weight excluding hydrogens is 396 g/mol. The van der Waals surface area contributed by atoms with Gasteiger partial charge >= 0.3 is 0 Å². The maximum Gasteiger partial charge on any atom is 0.139 e. The Morgan fingerprint density at radius 2 is 1.86 bits per heavy atom. The minimum atomic E-state index is 0.642. The lowest BCUT2D eigenvalue weighted by Gasteiger charge is -2.12. The fraction of sp³-hybridized carbons (Fsp3) is 0.133. The fourth-order valence-electron chi connectivity index (χ4n) is 2.17. The molecule has 108 valence electrons. The normalized spacial score (nSPS) is 11.0. The number of anilines is 2. The zero-order chi connectivity index (χ0) is 15.1. The van der Waals surface area contributed by atoms with Crippen molar-refractivity contribution in [3.8, 4) is 11.3 Å². The number of benzene rings is 1. The Bertz CT molecular complexity index is 824. The van der Waals surface area contributed by atoms with Gasteiger partial charge in [0.1, 0.15) is 17.2 Å². The van der Waals surface area contributed by atoms with E-state index in [9.17, 15) is 0 Å². The van der Waals surface area contributed by atoms with Gasteiger partial charge in [0.15, 0.2) is 0 Å². The molecule has 2 heterocycles. The van der Waals surface area contributed by atoms with Crippen LogP contribution in [0.5, 0.6) is 0 Å². The summed E-state index contributed by atoms with van der Waals surface area (Å²) in [5.41, 5.74) is 9.98. The number of aromatic nitrogens is 2. The van der Waals surface area contributed by atoms with E-state index in [1.54, 1.807) is 0 Å². The summed E-state index contributed by atoms with van der Waals surface area (Å²) in [6, 6.07) is 10.00. The van der Waals surface area contributed by atoms with Crippen molar-refractivity contribution in [3.63, 3.8) is 0 Å². The fourth-order valence-corrected chi connectivity index (χ4v) is 2.80. The minimum absolute atomic E-state index is 0.642. The molecule has 2 N–H and O–H groups in total. The second-order valence-corrected chi connectivity index (χ2v) is 6.69. The number of halogens is 2. The molecule has 0 aliphatic heterocycles. The minimum Gasteiger partial charge on any atom is -0.383 e. The van der Waals surface area contributed by atoms with Crippen molar-refractivity contribution in [3.05, 3.63) is 45.5 Å². The van der Waals surface area contributed by atoms with E-state index in [4.69, 9.17) is 5.73 Å². The largest absolute Gasteiger partial charge is 0.383 e. The van der Waals surface area contributed by atoms with Gasteiger partial charge in [-0.05, 0) is 56.1 Å². The summed E-state index contributed by atoms with van der Waals surface area (Å²) in [5.74, 6) is 0.642. The van der Waals surface area contributed by atoms with E-state index < -0.39 is 0 Å². The van der Waals surface area contributed by atoms with E-state index in [0.717, 1.165) is 31.5 Å². The Hall–Kier alpha value is -1.53. The van der Waals surface area contributed by atoms with E-state index in [2.05, 4.69) is 36.8 Å². The van der Waals surface area contributed by atoms with Crippen LogP contribution in [0.4, 0.5) is 11.5 Å². The van der Waals surface area contributed by atoms with Gasteiger partial charge in [0, 0.05) is 34.8 Å². The predicted molar refractivity (Wildman–Crippen MR) is 94.8 cm³/mol. The third-order valence-electron chi connectivity index (χ3n) is 3.35. The van der Waals surface area contributed by atoms with Gasteiger partial charge in [0.25, 0.3) is 0 Å². The average molecular weight is 410 g/mol. The highest BCUT2D eigenvalue weighted by molar-refractivity contribution is 9.13. The standard InChI is InChI=1S/C15H14Br2N4/c1-20(2)10-4-6-13-19-14(15(18)21(13)8-10)9-3-5-11(16)12(17)7-9/h3-8H,18H2,1-2H3. The maximum absolute atomic E-state index is 6.28. The van der Waals surface area contributed by atoms with Gasteiger partial charge in [-0.15, -0.1) is 0 Å². The van der Waals surface area contributed by atoms with Crippen molar-refractivity contribution < 1.29 is 0 Å². The summed E-state index contributed by atoms with van der Waals surface area (Å²) >= 11 is 6.98. The lowest BCUT2D eigenvalue weighted by atomic mass is 10.1. The lowest BCUT2D eigenvalue weighted by molar-refractivity contribution is 1.09. The molecule has 2 aromatic heterocycles. The predicted octanol–water partition coefficient (Wildman–Crippen LogP) is 4.17. The first-order chi connectivity index (χ1) is 9.97. The number of pyridine rings is 1. The molecule has 3 rings (SSSR count). The first-order valence-electron chi connectivity index (χ1n) is 6.37. The number of imidazole rings is 1. The molecule has 0 spiro atoms. The van der Waals surface area contributed by atoms with Crippen molar-refractivity contribution in [2.75, 3.05) is 24.7 Å². The molecule has 3 aromatic rings. The average Bonchev–Trinajstić information content (AvgIpc) is 2.79. The van der Waals surface area contributed by atoms with Crippen molar-refractivity contribution in [2.24, 2.45) is 0 Å². The maximum atomic E-state index is 6.28. The Labute approximate surface area is 139 Å². The van der Waals surface area contributed by atoms with Crippen LogP contribution >= 0.6 is 31.9 Å². The number of fused-ring (bicyclic) bond motifs is 1. The van der Waals surface area contributed by atoms with Crippen LogP contribution in [-0.4, -0.2) is 23.5 Å². The second-order valence-electron chi connectivity index (χ2n) is 4.98. The highest BCUT2D eigenvalue weighted by Gasteiger charge is 2.13. The Kier molecular flexibility index (Phi) is 3.67. The van der Waals surface area contributed by atoms with Crippen LogP contribution in [0.15, 0.2) is 45.5 Å². The first kappa shape index (κ1) is 14.4. The number of nitrogen functional groups attached to an aromatic ring is 1. The van der Waals surface area contributed by atoms with E-state index in [1.165, 1.54) is 0 Å². The van der Waals surface area contributed by atoms with Crippen molar-refractivity contribution in [1.29, 1.82) is 0 Å². The van der Waals surface area contributed by atoms with Gasteiger partial charge < -0.3 is 10.6 Å². The highest BCUT2D eigenvalue weighted by Crippen LogP contribution is 2.32. The number of hydrogen-bond donors (Lipinski definition) is 1. The smallest absolute Gasteiger partial charge is 0.139 e. The van der Waals surface area contributed by atoms with E-state index in [-0.39, 0.29) is 0 Å². The van der Waals surface area contributed by atoms with Crippen molar-refractivity contribution in [2.45, 2.75) is 0 Å². The molecule has 1 aromatic carbocycles. The summed E-state index contributed by atoms with van der Waals surface area (Å²) in [5, 5.41) is 0. The SMILES string of the molecule is CN(C)c1ccc2nc(-c3ccc(Br)c(Br)c3)c(N)n2c1. The molecule has 0 bridgehead atoms. The van der Waals surface area contributed by atoms with Gasteiger partial charge in [0.2, 0.25) is 0 Å². The Morgan fingerprint density at radius 3 is 2.52 bits per heavy atom. The van der Waals surface area contributed by atoms with Crippen LogP contribution in [0.2, 0.25) is 0 Å². The van der Waals surface area contributed by atoms with Crippen molar-refractivity contribution in [1.82, 2.24) is 9.38 Å². The van der Waals surface area contributed by atoms with Crippen LogP contribution in [0.3, 0.4) is 0 Å². The molecule has 6 heteroatoms. The Balaban J connectivity index is 2.19. The molecule has 21 heavy (non-hydrogen) atoms. The molecule has 0 unspecified atom stereocenters. The number of hydrogen-bond acceptors (Lipinski definition) is 3. The number of nitrogens with zero attached hydrogens (tertiary/aromatic N) is 3. The summed E-state index contributed by atoms with van der Waals surface area (Å²) in [4.78, 5) is 6.67. The van der Waals surface area contributed by atoms with Gasteiger partial charge in [0.05, 0.1) is 5.69 Å². The number of nitrogens with two attached hydrogens (primary N) is 1. The van der Waals surface area contributed by atoms with Gasteiger partial charge in [-0.2, -0.15) is 0 Å². The van der Waals surface area contributed by atoms with E-state index in [1.807, 2.05) is 59.9 Å². The lowest BCUT2D eigenvalue weighted by Crippen LogP contribution is -2.09. The van der Waals surface area contributed by atoms with Crippen molar-refractivity contribution >= 4 is 49.0 Å². The molecule has 0 aliphatic carbocycles. The monoisotopic (exact) mass is 408 g/mol. The molecule has 0 saturated carbocycles. The summed E-state index contributed by atoms with van der Waals surface area (Å²) in [7, 11) is 4.00. The Morgan fingerprint density at radius 1 is 1.10 bits per heavy atom. The molecule has 4 nitrogen and oxygen atoms in total. The third-order valence-corrected chi connectivity index (χ3v) is 5.23. The third kappa shape index (κ3) is 2.53. The highest BCUT2D eigenvalue weighted by atomic mass is 79.9. The van der Waals surface area contributed by atoms with Crippen LogP contribution in [0, 0.1) is 0 Å². The van der Waals surface area contributed by atoms with E-state index in [0.29, 0.717) is 5.82 Å². The molecule has 0 radical (unpaired) electrons. The van der Waals surface area contributed by atoms with Crippen LogP contribution in [0.25, 0.3) is 16.9 Å². The number of rotatable bonds is 2. The molecule has 0 aliphatic rings. The summed E-state index contributed by atoms with van der Waals surface area (Å²) in [6.07, 6.45) is 2.00. The van der Waals surface area contributed by atoms with E-state index >= 15 is 0 Å². The molecule has 0 atom stereocenters. The molecule has 0 fully saturated rings. The van der Waals surface area contributed by atoms with Gasteiger partial charge in [-0.1, -0.05) is 6.07 Å².